The van der Waals surface area contributed by atoms with Crippen molar-refractivity contribution in [3.8, 4) is 5.75 Å². The fourth-order valence-electron chi connectivity index (χ4n) is 2.67. The normalized spacial score (nSPS) is 12.0. The average Bonchev–Trinajstić information content (AvgIpc) is 3.19. The van der Waals surface area contributed by atoms with Gasteiger partial charge in [-0.15, -0.1) is 0 Å². The topological polar surface area (TPSA) is 112 Å². The van der Waals surface area contributed by atoms with E-state index in [1.54, 1.807) is 39.2 Å². The predicted molar refractivity (Wildman–Crippen MR) is 102 cm³/mol. The minimum absolute atomic E-state index is 0.0307. The number of hydrogen-bond donors (Lipinski definition) is 3. The molecule has 3 aromatic rings. The van der Waals surface area contributed by atoms with Gasteiger partial charge in [0.15, 0.2) is 5.75 Å². The lowest BCUT2D eigenvalue weighted by atomic mass is 10.1. The number of rotatable bonds is 6. The second-order valence-electron chi connectivity index (χ2n) is 6.32. The molecule has 0 spiro atoms. The molecule has 140 valence electrons. The van der Waals surface area contributed by atoms with Gasteiger partial charge in [0.1, 0.15) is 17.1 Å². The summed E-state index contributed by atoms with van der Waals surface area (Å²) in [5.74, 6) is -0.0735. The highest BCUT2D eigenvalue weighted by molar-refractivity contribution is 5.99. The molecular formula is C19H19N3O5. The number of benzene rings is 1. The summed E-state index contributed by atoms with van der Waals surface area (Å²) in [7, 11) is 3.13. The van der Waals surface area contributed by atoms with E-state index in [4.69, 9.17) is 4.42 Å². The first-order valence-electron chi connectivity index (χ1n) is 8.25. The molecule has 8 nitrogen and oxygen atoms in total. The van der Waals surface area contributed by atoms with Crippen molar-refractivity contribution in [1.82, 2.24) is 4.90 Å². The van der Waals surface area contributed by atoms with Crippen molar-refractivity contribution in [2.45, 2.75) is 13.0 Å². The van der Waals surface area contributed by atoms with Crippen LogP contribution in [-0.4, -0.2) is 30.0 Å². The van der Waals surface area contributed by atoms with Gasteiger partial charge >= 0.3 is 0 Å². The number of aromatic hydroxyl groups is 1. The number of phenols is 1. The second-order valence-corrected chi connectivity index (χ2v) is 6.32. The highest BCUT2D eigenvalue weighted by atomic mass is 16.3. The highest BCUT2D eigenvalue weighted by Crippen LogP contribution is 2.32. The minimum atomic E-state index is -0.701. The fraction of sp³-hybridized carbons (Fsp3) is 0.211. The van der Waals surface area contributed by atoms with Gasteiger partial charge in [-0.1, -0.05) is 6.07 Å². The van der Waals surface area contributed by atoms with Gasteiger partial charge in [-0.2, -0.15) is 0 Å². The standard InChI is InChI=1S/C19H19N3O5/c1-10(13-8-5-9-27-13)20-14-15(18(25)17(14)24)21-12-7-4-6-11(16(12)23)19(26)22(2)3/h4-10,20-21,23H,1-3H3/t10-/m1/s1. The van der Waals surface area contributed by atoms with E-state index in [9.17, 15) is 19.5 Å². The van der Waals surface area contributed by atoms with Crippen molar-refractivity contribution in [2.75, 3.05) is 24.7 Å². The Morgan fingerprint density at radius 1 is 1.11 bits per heavy atom. The van der Waals surface area contributed by atoms with Gasteiger partial charge in [0.05, 0.1) is 23.6 Å². The molecule has 0 aliphatic rings. The van der Waals surface area contributed by atoms with E-state index in [0.717, 1.165) is 0 Å². The van der Waals surface area contributed by atoms with Crippen LogP contribution in [0.5, 0.6) is 5.75 Å². The van der Waals surface area contributed by atoms with E-state index < -0.39 is 10.9 Å². The minimum Gasteiger partial charge on any atom is -0.505 e. The molecule has 3 N–H and O–H groups in total. The Labute approximate surface area is 154 Å². The molecule has 0 fully saturated rings. The summed E-state index contributed by atoms with van der Waals surface area (Å²) < 4.78 is 5.28. The van der Waals surface area contributed by atoms with E-state index in [1.165, 1.54) is 23.3 Å². The van der Waals surface area contributed by atoms with E-state index in [0.29, 0.717) is 5.76 Å². The number of nitrogens with one attached hydrogen (secondary N) is 2. The first-order valence-corrected chi connectivity index (χ1v) is 8.25. The Morgan fingerprint density at radius 3 is 2.44 bits per heavy atom. The average molecular weight is 369 g/mol. The summed E-state index contributed by atoms with van der Waals surface area (Å²) in [6.07, 6.45) is 1.51. The van der Waals surface area contributed by atoms with Crippen molar-refractivity contribution in [3.63, 3.8) is 0 Å². The molecule has 1 atom stereocenters. The van der Waals surface area contributed by atoms with Crippen molar-refractivity contribution in [2.24, 2.45) is 0 Å². The number of nitrogens with zero attached hydrogens (tertiary/aromatic N) is 1. The molecule has 2 aromatic carbocycles. The first-order chi connectivity index (χ1) is 12.8. The lowest BCUT2D eigenvalue weighted by Crippen LogP contribution is -2.37. The van der Waals surface area contributed by atoms with Crippen LogP contribution in [-0.2, 0) is 0 Å². The van der Waals surface area contributed by atoms with Crippen molar-refractivity contribution in [1.29, 1.82) is 0 Å². The van der Waals surface area contributed by atoms with Crippen LogP contribution in [0.25, 0.3) is 0 Å². The number of para-hydroxylation sites is 1. The van der Waals surface area contributed by atoms with Crippen LogP contribution in [0.4, 0.5) is 17.1 Å². The SMILES string of the molecule is C[C@@H](Nc1c(Nc2cccc(C(=O)N(C)C)c2O)c(=O)c1=O)c1ccco1. The van der Waals surface area contributed by atoms with Crippen LogP contribution in [0.15, 0.2) is 50.6 Å². The zero-order valence-corrected chi connectivity index (χ0v) is 15.1. The summed E-state index contributed by atoms with van der Waals surface area (Å²) >= 11 is 0. The molecule has 3 rings (SSSR count). The molecule has 0 radical (unpaired) electrons. The number of amides is 1. The largest absolute Gasteiger partial charge is 0.505 e. The maximum atomic E-state index is 12.1. The number of anilines is 3. The van der Waals surface area contributed by atoms with Crippen molar-refractivity contribution >= 4 is 23.0 Å². The van der Waals surface area contributed by atoms with Crippen LogP contribution in [0.1, 0.15) is 29.1 Å². The molecule has 1 amide bonds. The first kappa shape index (κ1) is 18.2. The third kappa shape index (κ3) is 3.29. The molecule has 0 aliphatic heterocycles. The second kappa shape index (κ2) is 6.99. The molecule has 0 bridgehead atoms. The number of carbonyl (C=O) groups is 1. The molecule has 0 unspecified atom stereocenters. The van der Waals surface area contributed by atoms with Gasteiger partial charge in [0, 0.05) is 14.1 Å². The van der Waals surface area contributed by atoms with E-state index >= 15 is 0 Å². The highest BCUT2D eigenvalue weighted by Gasteiger charge is 2.25. The zero-order chi connectivity index (χ0) is 19.7. The van der Waals surface area contributed by atoms with Crippen molar-refractivity contribution < 1.29 is 14.3 Å². The lowest BCUT2D eigenvalue weighted by Gasteiger charge is -2.19. The molecule has 0 aliphatic carbocycles. The quantitative estimate of drug-likeness (QED) is 0.451. The van der Waals surface area contributed by atoms with Gasteiger partial charge in [-0.3, -0.25) is 14.4 Å². The molecule has 1 heterocycles. The Hall–Kier alpha value is -3.55. The third-order valence-corrected chi connectivity index (χ3v) is 4.17. The summed E-state index contributed by atoms with van der Waals surface area (Å²) in [5, 5.41) is 16.1. The molecule has 1 aromatic heterocycles. The maximum Gasteiger partial charge on any atom is 0.257 e. The van der Waals surface area contributed by atoms with E-state index in [-0.39, 0.29) is 40.3 Å². The monoisotopic (exact) mass is 369 g/mol. The van der Waals surface area contributed by atoms with Crippen LogP contribution in [0, 0.1) is 0 Å². The van der Waals surface area contributed by atoms with Crippen LogP contribution < -0.4 is 21.5 Å². The Kier molecular flexibility index (Phi) is 4.72. The molecule has 27 heavy (non-hydrogen) atoms. The summed E-state index contributed by atoms with van der Waals surface area (Å²) in [6.45, 7) is 1.79. The third-order valence-electron chi connectivity index (χ3n) is 4.17. The smallest absolute Gasteiger partial charge is 0.257 e. The summed E-state index contributed by atoms with van der Waals surface area (Å²) in [4.78, 5) is 37.4. The number of carbonyl (C=O) groups excluding carboxylic acids is 1. The number of furan rings is 1. The Balaban J connectivity index is 1.89. The molecule has 0 saturated carbocycles. The molecule has 0 saturated heterocycles. The van der Waals surface area contributed by atoms with Gasteiger partial charge in [0.25, 0.3) is 16.8 Å². The number of phenolic OH excluding ortho intramolecular Hbond substituents is 1. The van der Waals surface area contributed by atoms with E-state index in [1.807, 2.05) is 0 Å². The molecular weight excluding hydrogens is 350 g/mol. The van der Waals surface area contributed by atoms with Crippen LogP contribution >= 0.6 is 0 Å². The number of hydrogen-bond acceptors (Lipinski definition) is 7. The van der Waals surface area contributed by atoms with Crippen LogP contribution in [0.2, 0.25) is 0 Å². The van der Waals surface area contributed by atoms with Gasteiger partial charge in [-0.25, -0.2) is 0 Å². The predicted octanol–water partition coefficient (Wildman–Crippen LogP) is 2.20. The van der Waals surface area contributed by atoms with Gasteiger partial charge in [0.2, 0.25) is 0 Å². The summed E-state index contributed by atoms with van der Waals surface area (Å²) in [6, 6.07) is 7.70. The Bertz CT molecular complexity index is 1050. The van der Waals surface area contributed by atoms with Crippen LogP contribution in [0.3, 0.4) is 0 Å². The maximum absolute atomic E-state index is 12.1. The lowest BCUT2D eigenvalue weighted by molar-refractivity contribution is 0.0824. The van der Waals surface area contributed by atoms with Gasteiger partial charge in [-0.05, 0) is 31.2 Å². The van der Waals surface area contributed by atoms with Crippen molar-refractivity contribution in [3.05, 3.63) is 68.4 Å². The summed E-state index contributed by atoms with van der Waals surface area (Å²) in [5.41, 5.74) is -0.981. The zero-order valence-electron chi connectivity index (χ0n) is 15.1. The van der Waals surface area contributed by atoms with E-state index in [2.05, 4.69) is 10.6 Å². The van der Waals surface area contributed by atoms with Gasteiger partial charge < -0.3 is 25.1 Å². The Morgan fingerprint density at radius 2 is 1.81 bits per heavy atom. The molecule has 8 heteroatoms. The fourth-order valence-corrected chi connectivity index (χ4v) is 2.67.